The molecular weight excluding hydrogens is 265 g/mol. The van der Waals surface area contributed by atoms with Gasteiger partial charge in [-0.1, -0.05) is 74.3 Å². The third-order valence-electron chi connectivity index (χ3n) is 4.60. The molecule has 0 spiro atoms. The predicted octanol–water partition coefficient (Wildman–Crippen LogP) is 3.91. The molecule has 2 aromatic rings. The highest BCUT2D eigenvalue weighted by molar-refractivity contribution is 6.86. The molecule has 0 unspecified atom stereocenters. The Hall–Kier alpha value is -1.64. The Morgan fingerprint density at radius 2 is 1.19 bits per heavy atom. The van der Waals surface area contributed by atoms with Crippen LogP contribution in [0.2, 0.25) is 5.82 Å². The second kappa shape index (κ2) is 6.42. The van der Waals surface area contributed by atoms with Crippen LogP contribution in [0.15, 0.2) is 48.5 Å². The van der Waals surface area contributed by atoms with Crippen LogP contribution < -0.4 is 10.9 Å². The van der Waals surface area contributed by atoms with Crippen LogP contribution >= 0.6 is 0 Å². The zero-order valence-corrected chi connectivity index (χ0v) is 12.1. The molecule has 0 amide bonds. The Balaban J connectivity index is 2.07. The molecule has 1 saturated carbocycles. The lowest BCUT2D eigenvalue weighted by molar-refractivity contribution is 0.498. The Morgan fingerprint density at radius 3 is 1.67 bits per heavy atom. The summed E-state index contributed by atoms with van der Waals surface area (Å²) >= 11 is 0. The van der Waals surface area contributed by atoms with Crippen molar-refractivity contribution in [2.24, 2.45) is 0 Å². The van der Waals surface area contributed by atoms with Crippen molar-refractivity contribution in [2.75, 3.05) is 0 Å². The highest BCUT2D eigenvalue weighted by Crippen LogP contribution is 2.31. The van der Waals surface area contributed by atoms with Crippen molar-refractivity contribution in [3.8, 4) is 0 Å². The van der Waals surface area contributed by atoms with Crippen LogP contribution in [0.1, 0.15) is 32.1 Å². The minimum Gasteiger partial charge on any atom is -0.208 e. The first kappa shape index (κ1) is 14.3. The van der Waals surface area contributed by atoms with Crippen molar-refractivity contribution < 1.29 is 8.78 Å². The minimum absolute atomic E-state index is 0.173. The summed E-state index contributed by atoms with van der Waals surface area (Å²) in [5.74, 6) is -0.125. The lowest BCUT2D eigenvalue weighted by Gasteiger charge is -2.29. The lowest BCUT2D eigenvalue weighted by Crippen LogP contribution is -2.49. The fraction of sp³-hybridized carbons (Fsp3) is 0.333. The molecule has 0 bridgehead atoms. The van der Waals surface area contributed by atoms with E-state index in [0.717, 1.165) is 25.7 Å². The van der Waals surface area contributed by atoms with Gasteiger partial charge in [0.15, 0.2) is 0 Å². The second-order valence-corrected chi connectivity index (χ2v) is 5.92. The Bertz CT molecular complexity index is 560. The number of rotatable bonds is 3. The summed E-state index contributed by atoms with van der Waals surface area (Å²) in [5, 5.41) is 0. The maximum absolute atomic E-state index is 14.3. The quantitative estimate of drug-likeness (QED) is 0.750. The van der Waals surface area contributed by atoms with Crippen molar-refractivity contribution in [3.63, 3.8) is 0 Å². The Kier molecular flexibility index (Phi) is 4.38. The van der Waals surface area contributed by atoms with Crippen molar-refractivity contribution in [2.45, 2.75) is 37.9 Å². The van der Waals surface area contributed by atoms with Gasteiger partial charge in [-0.15, -0.1) is 0 Å². The molecule has 1 fully saturated rings. The largest absolute Gasteiger partial charge is 0.220 e. The summed E-state index contributed by atoms with van der Waals surface area (Å²) in [6.45, 7) is -0.173. The van der Waals surface area contributed by atoms with Gasteiger partial charge in [-0.25, -0.2) is 8.78 Å². The molecule has 3 heteroatoms. The number of hydrogen-bond donors (Lipinski definition) is 0. The fourth-order valence-corrected chi connectivity index (χ4v) is 3.60. The maximum Gasteiger partial charge on any atom is 0.220 e. The third kappa shape index (κ3) is 3.02. The molecule has 0 radical (unpaired) electrons. The molecule has 108 valence electrons. The smallest absolute Gasteiger partial charge is 0.208 e. The zero-order valence-electron chi connectivity index (χ0n) is 12.1. The van der Waals surface area contributed by atoms with Crippen LogP contribution in [0.5, 0.6) is 0 Å². The van der Waals surface area contributed by atoms with Crippen molar-refractivity contribution in [1.29, 1.82) is 0 Å². The van der Waals surface area contributed by atoms with Gasteiger partial charge < -0.3 is 0 Å². The van der Waals surface area contributed by atoms with E-state index in [1.54, 1.807) is 24.3 Å². The summed E-state index contributed by atoms with van der Waals surface area (Å²) in [7, 11) is 0. The van der Waals surface area contributed by atoms with E-state index < -0.39 is 0 Å². The van der Waals surface area contributed by atoms with Gasteiger partial charge in [-0.3, -0.25) is 0 Å². The topological polar surface area (TPSA) is 0 Å². The van der Waals surface area contributed by atoms with Crippen LogP contribution in [-0.4, -0.2) is 6.71 Å². The zero-order chi connectivity index (χ0) is 14.7. The monoisotopic (exact) mass is 284 g/mol. The molecule has 1 aliphatic rings. The molecule has 0 saturated heterocycles. The third-order valence-corrected chi connectivity index (χ3v) is 4.60. The highest BCUT2D eigenvalue weighted by atomic mass is 19.1. The molecule has 0 aliphatic heterocycles. The van der Waals surface area contributed by atoms with Crippen LogP contribution in [0.3, 0.4) is 0 Å². The van der Waals surface area contributed by atoms with Gasteiger partial charge >= 0.3 is 0 Å². The molecule has 0 nitrogen and oxygen atoms in total. The van der Waals surface area contributed by atoms with Crippen molar-refractivity contribution >= 4 is 17.6 Å². The van der Waals surface area contributed by atoms with Gasteiger partial charge in [-0.2, -0.15) is 0 Å². The van der Waals surface area contributed by atoms with Gasteiger partial charge in [0, 0.05) is 0 Å². The first-order chi connectivity index (χ1) is 10.3. The van der Waals surface area contributed by atoms with Gasteiger partial charge in [-0.05, 0) is 23.1 Å². The van der Waals surface area contributed by atoms with Crippen LogP contribution in [-0.2, 0) is 0 Å². The van der Waals surface area contributed by atoms with Crippen LogP contribution in [0.4, 0.5) is 8.78 Å². The fourth-order valence-electron chi connectivity index (χ4n) is 3.60. The van der Waals surface area contributed by atoms with Crippen LogP contribution in [0.25, 0.3) is 0 Å². The van der Waals surface area contributed by atoms with E-state index in [0.29, 0.717) is 16.7 Å². The number of halogens is 2. The Labute approximate surface area is 125 Å². The summed E-state index contributed by atoms with van der Waals surface area (Å²) in [5.41, 5.74) is 1.27. The summed E-state index contributed by atoms with van der Waals surface area (Å²) < 4.78 is 28.6. The molecule has 3 rings (SSSR count). The van der Waals surface area contributed by atoms with Gasteiger partial charge in [0.2, 0.25) is 6.71 Å². The molecule has 0 heterocycles. The number of hydrogen-bond acceptors (Lipinski definition) is 0. The predicted molar refractivity (Wildman–Crippen MR) is 84.7 cm³/mol. The number of benzene rings is 2. The molecule has 1 aliphatic carbocycles. The van der Waals surface area contributed by atoms with Gasteiger partial charge in [0.1, 0.15) is 11.6 Å². The first-order valence-corrected chi connectivity index (χ1v) is 7.76. The standard InChI is InChI=1S/C18H19BF2/c20-17-12-6-4-10-15(17)19(14-8-2-1-3-9-14)16-11-5-7-13-18(16)21/h4-7,10-14H,1-3,8-9H2. The van der Waals surface area contributed by atoms with E-state index in [-0.39, 0.29) is 18.3 Å². The van der Waals surface area contributed by atoms with Crippen molar-refractivity contribution in [1.82, 2.24) is 0 Å². The van der Waals surface area contributed by atoms with E-state index in [1.807, 2.05) is 12.1 Å². The minimum atomic E-state index is -0.226. The van der Waals surface area contributed by atoms with Crippen molar-refractivity contribution in [3.05, 3.63) is 60.2 Å². The second-order valence-electron chi connectivity index (χ2n) is 5.92. The van der Waals surface area contributed by atoms with E-state index in [4.69, 9.17) is 0 Å². The van der Waals surface area contributed by atoms with E-state index in [2.05, 4.69) is 0 Å². The highest BCUT2D eigenvalue weighted by Gasteiger charge is 2.33. The molecular formula is C18H19BF2. The molecule has 2 aromatic carbocycles. The van der Waals surface area contributed by atoms with E-state index in [1.165, 1.54) is 18.6 Å². The summed E-state index contributed by atoms with van der Waals surface area (Å²) in [4.78, 5) is 0. The molecule has 21 heavy (non-hydrogen) atoms. The van der Waals surface area contributed by atoms with Gasteiger partial charge in [0.05, 0.1) is 0 Å². The summed E-state index contributed by atoms with van der Waals surface area (Å²) in [6, 6.07) is 13.6. The Morgan fingerprint density at radius 1 is 0.714 bits per heavy atom. The molecule has 0 aromatic heterocycles. The van der Waals surface area contributed by atoms with E-state index in [9.17, 15) is 8.78 Å². The first-order valence-electron chi connectivity index (χ1n) is 7.76. The van der Waals surface area contributed by atoms with Gasteiger partial charge in [0.25, 0.3) is 0 Å². The molecule has 0 atom stereocenters. The normalized spacial score (nSPS) is 15.9. The van der Waals surface area contributed by atoms with Crippen LogP contribution in [0, 0.1) is 11.6 Å². The average molecular weight is 284 g/mol. The SMILES string of the molecule is Fc1ccccc1B(c1ccccc1F)C1CCCCC1. The lowest BCUT2D eigenvalue weighted by atomic mass is 9.31. The van der Waals surface area contributed by atoms with E-state index >= 15 is 0 Å². The average Bonchev–Trinajstić information content (AvgIpc) is 2.52. The summed E-state index contributed by atoms with van der Waals surface area (Å²) in [6.07, 6.45) is 5.65. The molecule has 0 N–H and O–H groups in total. The maximum atomic E-state index is 14.3.